The van der Waals surface area contributed by atoms with Crippen LogP contribution in [0.3, 0.4) is 0 Å². The van der Waals surface area contributed by atoms with Gasteiger partial charge in [-0.15, -0.1) is 12.3 Å². The minimum atomic E-state index is -0.581. The van der Waals surface area contributed by atoms with Gasteiger partial charge >= 0.3 is 0 Å². The van der Waals surface area contributed by atoms with Crippen molar-refractivity contribution in [2.45, 2.75) is 43.9 Å². The van der Waals surface area contributed by atoms with Crippen LogP contribution < -0.4 is 5.32 Å². The van der Waals surface area contributed by atoms with Crippen molar-refractivity contribution < 1.29 is 9.59 Å². The van der Waals surface area contributed by atoms with Crippen molar-refractivity contribution in [2.24, 2.45) is 10.2 Å². The molecule has 6 heteroatoms. The van der Waals surface area contributed by atoms with Gasteiger partial charge < -0.3 is 10.2 Å². The summed E-state index contributed by atoms with van der Waals surface area (Å²) in [5, 5.41) is 11.2. The summed E-state index contributed by atoms with van der Waals surface area (Å²) in [6.07, 6.45) is 7.72. The van der Waals surface area contributed by atoms with Crippen molar-refractivity contribution in [3.05, 3.63) is 71.3 Å². The first kappa shape index (κ1) is 19.8. The Bertz CT molecular complexity index is 1000. The van der Waals surface area contributed by atoms with E-state index >= 15 is 0 Å². The summed E-state index contributed by atoms with van der Waals surface area (Å²) in [6, 6.07) is 16.7. The maximum Gasteiger partial charge on any atom is 0.255 e. The lowest BCUT2D eigenvalue weighted by molar-refractivity contribution is -0.125. The van der Waals surface area contributed by atoms with Crippen LogP contribution in [0, 0.1) is 12.3 Å². The molecule has 2 heterocycles. The number of hydrogen-bond acceptors (Lipinski definition) is 4. The van der Waals surface area contributed by atoms with E-state index in [1.165, 1.54) is 0 Å². The number of carbonyl (C=O) groups excluding carboxylic acids is 2. The Morgan fingerprint density at radius 3 is 2.57 bits per heavy atom. The number of benzene rings is 2. The van der Waals surface area contributed by atoms with Crippen LogP contribution in [0.15, 0.2) is 64.8 Å². The molecule has 1 N–H and O–H groups in total. The number of nitrogens with zero attached hydrogens (tertiary/aromatic N) is 3. The Kier molecular flexibility index (Phi) is 5.62. The Hall–Kier alpha value is -3.46. The van der Waals surface area contributed by atoms with Crippen LogP contribution in [-0.2, 0) is 17.8 Å². The fourth-order valence-electron chi connectivity index (χ4n) is 3.88. The summed E-state index contributed by atoms with van der Waals surface area (Å²) in [5.74, 6) is 2.35. The van der Waals surface area contributed by atoms with E-state index in [2.05, 4.69) is 21.5 Å². The molecule has 1 unspecified atom stereocenters. The highest BCUT2D eigenvalue weighted by atomic mass is 16.2. The first-order valence-corrected chi connectivity index (χ1v) is 10.2. The highest BCUT2D eigenvalue weighted by molar-refractivity contribution is 6.01. The van der Waals surface area contributed by atoms with Gasteiger partial charge in [-0.1, -0.05) is 48.5 Å². The number of nitrogens with one attached hydrogen (secondary N) is 1. The quantitative estimate of drug-likeness (QED) is 0.656. The van der Waals surface area contributed by atoms with Crippen molar-refractivity contribution in [3.63, 3.8) is 0 Å². The van der Waals surface area contributed by atoms with Crippen LogP contribution in [0.25, 0.3) is 0 Å². The molecule has 0 aromatic heterocycles. The maximum atomic E-state index is 13.2. The minimum absolute atomic E-state index is 0.0978. The predicted molar refractivity (Wildman–Crippen MR) is 114 cm³/mol. The van der Waals surface area contributed by atoms with Gasteiger partial charge in [-0.2, -0.15) is 10.2 Å². The van der Waals surface area contributed by atoms with Gasteiger partial charge in [0.15, 0.2) is 5.66 Å². The average molecular weight is 400 g/mol. The molecular formula is C24H24N4O2. The molecule has 0 aliphatic carbocycles. The number of hydrogen-bond donors (Lipinski definition) is 1. The Morgan fingerprint density at radius 2 is 1.87 bits per heavy atom. The molecule has 0 spiro atoms. The van der Waals surface area contributed by atoms with Crippen LogP contribution >= 0.6 is 0 Å². The van der Waals surface area contributed by atoms with Crippen LogP contribution in [0.4, 0.5) is 0 Å². The smallest absolute Gasteiger partial charge is 0.255 e. The molecule has 0 bridgehead atoms. The molecule has 0 radical (unpaired) electrons. The second-order valence-corrected chi connectivity index (χ2v) is 7.72. The van der Waals surface area contributed by atoms with E-state index < -0.39 is 11.7 Å². The lowest BCUT2D eigenvalue weighted by Crippen LogP contribution is -2.48. The molecule has 2 aliphatic heterocycles. The zero-order valence-corrected chi connectivity index (χ0v) is 16.8. The van der Waals surface area contributed by atoms with Crippen LogP contribution in [0.1, 0.15) is 40.7 Å². The van der Waals surface area contributed by atoms with Gasteiger partial charge in [0.2, 0.25) is 5.91 Å². The third-order valence-corrected chi connectivity index (χ3v) is 5.68. The van der Waals surface area contributed by atoms with Gasteiger partial charge in [0.1, 0.15) is 6.04 Å². The summed E-state index contributed by atoms with van der Waals surface area (Å²) in [5.41, 5.74) is 2.21. The van der Waals surface area contributed by atoms with E-state index in [4.69, 9.17) is 6.42 Å². The first-order chi connectivity index (χ1) is 14.6. The van der Waals surface area contributed by atoms with Gasteiger partial charge in [0.25, 0.3) is 5.91 Å². The number of carbonyl (C=O) groups is 2. The Balaban J connectivity index is 1.45. The maximum absolute atomic E-state index is 13.2. The molecular weight excluding hydrogens is 376 g/mol. The monoisotopic (exact) mass is 400 g/mol. The van der Waals surface area contributed by atoms with E-state index in [1.54, 1.807) is 4.90 Å². The second kappa shape index (κ2) is 8.50. The summed E-state index contributed by atoms with van der Waals surface area (Å²) in [6.45, 7) is 0.882. The van der Waals surface area contributed by atoms with Gasteiger partial charge in [-0.25, -0.2) is 0 Å². The van der Waals surface area contributed by atoms with Gasteiger partial charge in [-0.05, 0) is 17.2 Å². The lowest BCUT2D eigenvalue weighted by atomic mass is 10.0. The van der Waals surface area contributed by atoms with E-state index in [0.717, 1.165) is 11.1 Å². The van der Waals surface area contributed by atoms with E-state index in [1.807, 2.05) is 54.6 Å². The minimum Gasteiger partial charge on any atom is -0.354 e. The van der Waals surface area contributed by atoms with Gasteiger partial charge in [0.05, 0.1) is 0 Å². The van der Waals surface area contributed by atoms with Crippen molar-refractivity contribution in [2.75, 3.05) is 6.54 Å². The molecule has 0 saturated carbocycles. The zero-order chi connectivity index (χ0) is 21.0. The molecule has 0 fully saturated rings. The molecule has 2 aromatic rings. The normalized spacial score (nSPS) is 16.6. The number of terminal acetylenes is 1. The fourth-order valence-corrected chi connectivity index (χ4v) is 3.88. The molecule has 152 valence electrons. The SMILES string of the molecule is C#CCCC1(CCNC(=O)C(Cc2ccccc2)N2Cc3ccccc3C2=O)N=N1. The van der Waals surface area contributed by atoms with Crippen molar-refractivity contribution in [3.8, 4) is 12.3 Å². The summed E-state index contributed by atoms with van der Waals surface area (Å²) in [7, 11) is 0. The number of amides is 2. The second-order valence-electron chi connectivity index (χ2n) is 7.72. The average Bonchev–Trinajstić information content (AvgIpc) is 3.47. The van der Waals surface area contributed by atoms with E-state index in [0.29, 0.717) is 44.3 Å². The first-order valence-electron chi connectivity index (χ1n) is 10.2. The van der Waals surface area contributed by atoms with Crippen LogP contribution in [-0.4, -0.2) is 35.0 Å². The fraction of sp³-hybridized carbons (Fsp3) is 0.333. The van der Waals surface area contributed by atoms with E-state index in [-0.39, 0.29) is 11.8 Å². The molecule has 2 amide bonds. The molecule has 2 aromatic carbocycles. The summed E-state index contributed by atoms with van der Waals surface area (Å²) >= 11 is 0. The summed E-state index contributed by atoms with van der Waals surface area (Å²) in [4.78, 5) is 27.8. The lowest BCUT2D eigenvalue weighted by Gasteiger charge is -2.27. The highest BCUT2D eigenvalue weighted by Crippen LogP contribution is 2.36. The third kappa shape index (κ3) is 4.25. The Labute approximate surface area is 176 Å². The van der Waals surface area contributed by atoms with Gasteiger partial charge in [0, 0.05) is 44.3 Å². The Morgan fingerprint density at radius 1 is 1.13 bits per heavy atom. The van der Waals surface area contributed by atoms with Crippen LogP contribution in [0.2, 0.25) is 0 Å². The molecule has 30 heavy (non-hydrogen) atoms. The third-order valence-electron chi connectivity index (χ3n) is 5.68. The topological polar surface area (TPSA) is 74.1 Å². The molecule has 2 aliphatic rings. The summed E-state index contributed by atoms with van der Waals surface area (Å²) < 4.78 is 0. The van der Waals surface area contributed by atoms with Crippen molar-refractivity contribution in [1.82, 2.24) is 10.2 Å². The standard InChI is InChI=1S/C24H24N4O2/c1-2-3-13-24(26-27-24)14-15-25-22(29)21(16-18-9-5-4-6-10-18)28-17-19-11-7-8-12-20(19)23(28)30/h1,4-12,21H,3,13-17H2,(H,25,29). The number of fused-ring (bicyclic) bond motifs is 1. The molecule has 1 atom stereocenters. The zero-order valence-electron chi connectivity index (χ0n) is 16.8. The molecule has 4 rings (SSSR count). The largest absolute Gasteiger partial charge is 0.354 e. The highest BCUT2D eigenvalue weighted by Gasteiger charge is 2.40. The van der Waals surface area contributed by atoms with Gasteiger partial charge in [-0.3, -0.25) is 9.59 Å². The number of rotatable bonds is 9. The molecule has 0 saturated heterocycles. The van der Waals surface area contributed by atoms with E-state index in [9.17, 15) is 9.59 Å². The van der Waals surface area contributed by atoms with Crippen LogP contribution in [0.5, 0.6) is 0 Å². The van der Waals surface area contributed by atoms with Crippen molar-refractivity contribution in [1.29, 1.82) is 0 Å². The molecule has 6 nitrogen and oxygen atoms in total. The predicted octanol–water partition coefficient (Wildman–Crippen LogP) is 3.34. The van der Waals surface area contributed by atoms with Crippen molar-refractivity contribution >= 4 is 11.8 Å².